The van der Waals surface area contributed by atoms with Crippen molar-refractivity contribution in [3.05, 3.63) is 34.6 Å². The van der Waals surface area contributed by atoms with Gasteiger partial charge in [0, 0.05) is 12.6 Å². The van der Waals surface area contributed by atoms with Crippen LogP contribution in [-0.2, 0) is 6.54 Å². The Kier molecular flexibility index (Phi) is 5.55. The lowest BCUT2D eigenvalue weighted by molar-refractivity contribution is 0.191. The molecule has 0 bridgehead atoms. The second kappa shape index (κ2) is 7.19. The normalized spacial score (nSPS) is 17.6. The highest BCUT2D eigenvalue weighted by molar-refractivity contribution is 5.30. The van der Waals surface area contributed by atoms with E-state index in [1.54, 1.807) is 0 Å². The molecule has 1 aromatic carbocycles. The van der Waals surface area contributed by atoms with Gasteiger partial charge in [-0.25, -0.2) is 4.39 Å². The summed E-state index contributed by atoms with van der Waals surface area (Å²) in [5.74, 6) is -0.0591. The molecule has 0 radical (unpaired) electrons. The molecule has 2 rings (SSSR count). The van der Waals surface area contributed by atoms with Crippen molar-refractivity contribution in [2.45, 2.75) is 52.6 Å². The number of benzene rings is 1. The Bertz CT molecular complexity index is 414. The summed E-state index contributed by atoms with van der Waals surface area (Å²) in [6, 6.07) is 4.66. The van der Waals surface area contributed by atoms with Crippen molar-refractivity contribution in [3.63, 3.8) is 0 Å². The van der Waals surface area contributed by atoms with Gasteiger partial charge in [0.25, 0.3) is 0 Å². The van der Waals surface area contributed by atoms with Crippen LogP contribution in [0.15, 0.2) is 12.1 Å². The quantitative estimate of drug-likeness (QED) is 0.888. The first kappa shape index (κ1) is 15.5. The lowest BCUT2D eigenvalue weighted by Gasteiger charge is -2.32. The number of hydrogen-bond acceptors (Lipinski definition) is 2. The summed E-state index contributed by atoms with van der Waals surface area (Å²) in [7, 11) is 0. The largest absolute Gasteiger partial charge is 0.314 e. The van der Waals surface area contributed by atoms with Gasteiger partial charge in [-0.1, -0.05) is 19.1 Å². The Morgan fingerprint density at radius 2 is 1.80 bits per heavy atom. The number of nitrogens with one attached hydrogen (secondary N) is 1. The molecule has 0 aliphatic carbocycles. The van der Waals surface area contributed by atoms with Crippen molar-refractivity contribution < 1.29 is 4.39 Å². The fourth-order valence-electron chi connectivity index (χ4n) is 3.03. The standard InChI is InChI=1S/C17H27FN2/c1-4-7-19-16-5-8-20(9-6-16)12-15-10-13(2)17(18)14(3)11-15/h10-11,16,19H,4-9,12H2,1-3H3. The van der Waals surface area contributed by atoms with Gasteiger partial charge in [0.05, 0.1) is 0 Å². The first-order chi connectivity index (χ1) is 9.60. The number of hydrogen-bond donors (Lipinski definition) is 1. The maximum atomic E-state index is 13.6. The van der Waals surface area contributed by atoms with Gasteiger partial charge in [-0.15, -0.1) is 0 Å². The van der Waals surface area contributed by atoms with Gasteiger partial charge in [0.15, 0.2) is 0 Å². The number of rotatable bonds is 5. The highest BCUT2D eigenvalue weighted by Gasteiger charge is 2.18. The summed E-state index contributed by atoms with van der Waals surface area (Å²) in [5.41, 5.74) is 2.76. The molecular formula is C17H27FN2. The molecule has 1 aliphatic heterocycles. The van der Waals surface area contributed by atoms with Gasteiger partial charge in [-0.3, -0.25) is 4.90 Å². The van der Waals surface area contributed by atoms with Crippen molar-refractivity contribution in [1.29, 1.82) is 0 Å². The molecule has 0 atom stereocenters. The van der Waals surface area contributed by atoms with Gasteiger partial charge >= 0.3 is 0 Å². The van der Waals surface area contributed by atoms with Crippen LogP contribution in [0.3, 0.4) is 0 Å². The minimum absolute atomic E-state index is 0.0591. The van der Waals surface area contributed by atoms with E-state index >= 15 is 0 Å². The highest BCUT2D eigenvalue weighted by atomic mass is 19.1. The van der Waals surface area contributed by atoms with Crippen molar-refractivity contribution in [1.82, 2.24) is 10.2 Å². The van der Waals surface area contributed by atoms with E-state index in [2.05, 4.69) is 17.1 Å². The van der Waals surface area contributed by atoms with Gasteiger partial charge in [0.2, 0.25) is 0 Å². The van der Waals surface area contributed by atoms with Crippen LogP contribution in [-0.4, -0.2) is 30.6 Å². The van der Waals surface area contributed by atoms with E-state index < -0.39 is 0 Å². The molecule has 1 aliphatic rings. The summed E-state index contributed by atoms with van der Waals surface area (Å²) < 4.78 is 13.6. The van der Waals surface area contributed by atoms with E-state index in [9.17, 15) is 4.39 Å². The average Bonchev–Trinajstić information content (AvgIpc) is 2.44. The molecule has 0 aromatic heterocycles. The number of likely N-dealkylation sites (tertiary alicyclic amines) is 1. The van der Waals surface area contributed by atoms with E-state index in [1.165, 1.54) is 24.8 Å². The fraction of sp³-hybridized carbons (Fsp3) is 0.647. The first-order valence-corrected chi connectivity index (χ1v) is 7.81. The monoisotopic (exact) mass is 278 g/mol. The summed E-state index contributed by atoms with van der Waals surface area (Å²) in [6.07, 6.45) is 3.65. The van der Waals surface area contributed by atoms with Gasteiger partial charge < -0.3 is 5.32 Å². The molecule has 3 heteroatoms. The number of aryl methyl sites for hydroxylation is 2. The third-order valence-corrected chi connectivity index (χ3v) is 4.17. The highest BCUT2D eigenvalue weighted by Crippen LogP contribution is 2.18. The predicted molar refractivity (Wildman–Crippen MR) is 82.5 cm³/mol. The lowest BCUT2D eigenvalue weighted by Crippen LogP contribution is -2.42. The van der Waals surface area contributed by atoms with E-state index in [0.29, 0.717) is 6.04 Å². The minimum atomic E-state index is -0.0591. The van der Waals surface area contributed by atoms with Gasteiger partial charge in [0.1, 0.15) is 5.82 Å². The summed E-state index contributed by atoms with van der Waals surface area (Å²) >= 11 is 0. The zero-order valence-electron chi connectivity index (χ0n) is 13.0. The molecule has 0 amide bonds. The predicted octanol–water partition coefficient (Wildman–Crippen LogP) is 3.41. The van der Waals surface area contributed by atoms with E-state index in [4.69, 9.17) is 0 Å². The first-order valence-electron chi connectivity index (χ1n) is 7.81. The fourth-order valence-corrected chi connectivity index (χ4v) is 3.03. The maximum Gasteiger partial charge on any atom is 0.129 e. The number of halogens is 1. The van der Waals surface area contributed by atoms with Crippen LogP contribution in [0.4, 0.5) is 4.39 Å². The molecular weight excluding hydrogens is 251 g/mol. The van der Waals surface area contributed by atoms with E-state index in [-0.39, 0.29) is 5.82 Å². The van der Waals surface area contributed by atoms with Crippen LogP contribution >= 0.6 is 0 Å². The summed E-state index contributed by atoms with van der Waals surface area (Å²) in [5, 5.41) is 3.61. The molecule has 1 saturated heterocycles. The third-order valence-electron chi connectivity index (χ3n) is 4.17. The summed E-state index contributed by atoms with van der Waals surface area (Å²) in [6.45, 7) is 10.3. The number of nitrogens with zero attached hydrogens (tertiary/aromatic N) is 1. The van der Waals surface area contributed by atoms with Crippen molar-refractivity contribution in [2.75, 3.05) is 19.6 Å². The van der Waals surface area contributed by atoms with Crippen molar-refractivity contribution >= 4 is 0 Å². The van der Waals surface area contributed by atoms with Crippen LogP contribution in [0, 0.1) is 19.7 Å². The summed E-state index contributed by atoms with van der Waals surface area (Å²) in [4.78, 5) is 2.48. The van der Waals surface area contributed by atoms with Crippen LogP contribution in [0.2, 0.25) is 0 Å². The van der Waals surface area contributed by atoms with Gasteiger partial charge in [-0.2, -0.15) is 0 Å². The van der Waals surface area contributed by atoms with Crippen LogP contribution in [0.25, 0.3) is 0 Å². The zero-order valence-corrected chi connectivity index (χ0v) is 13.0. The Balaban J connectivity index is 1.86. The SMILES string of the molecule is CCCNC1CCN(Cc2cc(C)c(F)c(C)c2)CC1. The van der Waals surface area contributed by atoms with Gasteiger partial charge in [-0.05, 0) is 69.4 Å². The Morgan fingerprint density at radius 3 is 2.35 bits per heavy atom. The number of piperidine rings is 1. The van der Waals surface area contributed by atoms with Crippen LogP contribution in [0.5, 0.6) is 0 Å². The van der Waals surface area contributed by atoms with E-state index in [1.807, 2.05) is 26.0 Å². The maximum absolute atomic E-state index is 13.6. The Labute approximate surface area is 122 Å². The molecule has 0 saturated carbocycles. The molecule has 1 heterocycles. The molecule has 0 unspecified atom stereocenters. The Morgan fingerprint density at radius 1 is 1.20 bits per heavy atom. The molecule has 1 fully saturated rings. The van der Waals surface area contributed by atoms with E-state index in [0.717, 1.165) is 37.3 Å². The minimum Gasteiger partial charge on any atom is -0.314 e. The van der Waals surface area contributed by atoms with Crippen molar-refractivity contribution in [2.24, 2.45) is 0 Å². The van der Waals surface area contributed by atoms with Crippen LogP contribution < -0.4 is 5.32 Å². The molecule has 112 valence electrons. The topological polar surface area (TPSA) is 15.3 Å². The average molecular weight is 278 g/mol. The lowest BCUT2D eigenvalue weighted by atomic mass is 10.0. The molecule has 1 aromatic rings. The molecule has 0 spiro atoms. The Hall–Kier alpha value is -0.930. The molecule has 2 nitrogen and oxygen atoms in total. The molecule has 20 heavy (non-hydrogen) atoms. The third kappa shape index (κ3) is 4.03. The van der Waals surface area contributed by atoms with Crippen molar-refractivity contribution in [3.8, 4) is 0 Å². The second-order valence-electron chi connectivity index (χ2n) is 6.05. The van der Waals surface area contributed by atoms with Crippen LogP contribution in [0.1, 0.15) is 42.9 Å². The second-order valence-corrected chi connectivity index (χ2v) is 6.05. The molecule has 1 N–H and O–H groups in total. The smallest absolute Gasteiger partial charge is 0.129 e. The zero-order chi connectivity index (χ0) is 14.5.